The molecule has 10 amide bonds. The Hall–Kier alpha value is -8.19. The molecule has 31 heteroatoms. The summed E-state index contributed by atoms with van der Waals surface area (Å²) in [4.78, 5) is 155. The fourth-order valence-electron chi connectivity index (χ4n) is 7.73. The van der Waals surface area contributed by atoms with E-state index in [-0.39, 0.29) is 94.8 Å². The first kappa shape index (κ1) is 70.8. The molecule has 0 bridgehead atoms. The van der Waals surface area contributed by atoms with E-state index in [0.29, 0.717) is 12.0 Å². The van der Waals surface area contributed by atoms with Crippen molar-refractivity contribution in [1.29, 1.82) is 0 Å². The van der Waals surface area contributed by atoms with Crippen LogP contribution in [0.4, 0.5) is 0 Å². The van der Waals surface area contributed by atoms with Crippen molar-refractivity contribution in [1.82, 2.24) is 42.5 Å². The van der Waals surface area contributed by atoms with Gasteiger partial charge in [0, 0.05) is 19.5 Å². The number of carboxylic acids is 1. The third-order valence-corrected chi connectivity index (χ3v) is 12.2. The Morgan fingerprint density at radius 2 is 0.914 bits per heavy atom. The summed E-state index contributed by atoms with van der Waals surface area (Å²) in [5, 5.41) is 40.1. The summed E-state index contributed by atoms with van der Waals surface area (Å²) in [5.74, 6) is -12.8. The normalized spacial score (nSPS) is 14.7. The van der Waals surface area contributed by atoms with Crippen LogP contribution >= 0.6 is 0 Å². The Morgan fingerprint density at radius 3 is 1.33 bits per heavy atom. The molecule has 0 aromatic heterocycles. The van der Waals surface area contributed by atoms with Gasteiger partial charge in [0.2, 0.25) is 59.1 Å². The maximum atomic E-state index is 14.3. The minimum atomic E-state index is -1.96. The van der Waals surface area contributed by atoms with E-state index in [1.807, 2.05) is 0 Å². The lowest BCUT2D eigenvalue weighted by Crippen LogP contribution is -2.62. The Morgan fingerprint density at radius 1 is 0.506 bits per heavy atom. The monoisotopic (exact) mass is 1150 g/mol. The zero-order valence-electron chi connectivity index (χ0n) is 46.6. The zero-order valence-corrected chi connectivity index (χ0v) is 46.6. The number of unbranched alkanes of at least 4 members (excludes halogenated alkanes) is 1. The molecule has 1 aromatic carbocycles. The average molecular weight is 1150 g/mol. The largest absolute Gasteiger partial charge is 0.481 e. The first-order valence-electron chi connectivity index (χ1n) is 26.5. The molecule has 0 spiro atoms. The molecule has 31 nitrogen and oxygen atoms in total. The van der Waals surface area contributed by atoms with E-state index in [2.05, 4.69) is 52.5 Å². The zero-order chi connectivity index (χ0) is 61.5. The van der Waals surface area contributed by atoms with Crippen molar-refractivity contribution in [2.45, 2.75) is 166 Å². The highest BCUT2D eigenvalue weighted by atomic mass is 16.4. The van der Waals surface area contributed by atoms with Crippen molar-refractivity contribution in [3.63, 3.8) is 0 Å². The first-order chi connectivity index (χ1) is 38.0. The molecule has 0 saturated carbocycles. The molecule has 1 aromatic rings. The SMILES string of the molecule is CC(C)C[C@H](NC(=O)[C@H](CCCCN)NC(=O)[C@H](CC(=O)O)NC(=O)[C@H](CC(N)=O)NC(=O)[C@H](CCCN=C(N)N)NC(=O)[C@@H](NC(=O)[C@H](Cc1ccccc1)NC(=O)[C@H](CCCN=C(N)N)NC(=O)[C@@H](N)C(C)C)[C@@H](C)O)C(N)=O. The molecule has 0 radical (unpaired) electrons. The van der Waals surface area contributed by atoms with Crippen molar-refractivity contribution in [3.05, 3.63) is 35.9 Å². The van der Waals surface area contributed by atoms with Crippen molar-refractivity contribution >= 4 is 77.0 Å². The van der Waals surface area contributed by atoms with E-state index in [1.165, 1.54) is 0 Å². The summed E-state index contributed by atoms with van der Waals surface area (Å²) >= 11 is 0. The molecule has 26 N–H and O–H groups in total. The van der Waals surface area contributed by atoms with Crippen molar-refractivity contribution in [2.24, 2.45) is 67.7 Å². The van der Waals surface area contributed by atoms with Gasteiger partial charge in [-0.3, -0.25) is 62.7 Å². The summed E-state index contributed by atoms with van der Waals surface area (Å²) in [6.45, 7) is 8.29. The van der Waals surface area contributed by atoms with Crippen LogP contribution in [0.3, 0.4) is 0 Å². The molecule has 0 fully saturated rings. The molecule has 454 valence electrons. The number of hydrogen-bond acceptors (Lipinski definition) is 16. The number of guanidine groups is 2. The molecule has 10 atom stereocenters. The molecule has 0 heterocycles. The van der Waals surface area contributed by atoms with Gasteiger partial charge in [-0.2, -0.15) is 0 Å². The average Bonchev–Trinajstić information content (AvgIpc) is 3.37. The number of aliphatic imine (C=N–C) groups is 2. The predicted octanol–water partition coefficient (Wildman–Crippen LogP) is -6.41. The van der Waals surface area contributed by atoms with Crippen molar-refractivity contribution in [3.8, 4) is 0 Å². The quantitative estimate of drug-likeness (QED) is 0.0166. The molecular weight excluding hydrogens is 1060 g/mol. The van der Waals surface area contributed by atoms with Crippen molar-refractivity contribution in [2.75, 3.05) is 19.6 Å². The summed E-state index contributed by atoms with van der Waals surface area (Å²) in [7, 11) is 0. The number of carbonyl (C=O) groups excluding carboxylic acids is 10. The number of rotatable bonds is 39. The van der Waals surface area contributed by atoms with Gasteiger partial charge in [0.25, 0.3) is 0 Å². The summed E-state index contributed by atoms with van der Waals surface area (Å²) in [6, 6.07) is -5.39. The predicted molar refractivity (Wildman–Crippen MR) is 298 cm³/mol. The number of amides is 10. The minimum absolute atomic E-state index is 0.0131. The smallest absolute Gasteiger partial charge is 0.305 e. The maximum absolute atomic E-state index is 14.3. The lowest BCUT2D eigenvalue weighted by molar-refractivity contribution is -0.142. The maximum Gasteiger partial charge on any atom is 0.305 e. The van der Waals surface area contributed by atoms with Crippen LogP contribution in [0.25, 0.3) is 0 Å². The van der Waals surface area contributed by atoms with Crippen LogP contribution in [-0.4, -0.2) is 167 Å². The Kier molecular flexibility index (Phi) is 32.2. The Balaban J connectivity index is 3.65. The summed E-state index contributed by atoms with van der Waals surface area (Å²) in [5.41, 5.74) is 45.0. The highest BCUT2D eigenvalue weighted by Gasteiger charge is 2.37. The van der Waals surface area contributed by atoms with Gasteiger partial charge in [-0.05, 0) is 82.2 Å². The topological polar surface area (TPSA) is 557 Å². The highest BCUT2D eigenvalue weighted by molar-refractivity contribution is 6.00. The van der Waals surface area contributed by atoms with Gasteiger partial charge in [0.05, 0.1) is 25.0 Å². The van der Waals surface area contributed by atoms with Gasteiger partial charge in [-0.25, -0.2) is 0 Å². The van der Waals surface area contributed by atoms with Gasteiger partial charge in [0.1, 0.15) is 48.3 Å². The number of carbonyl (C=O) groups is 11. The highest BCUT2D eigenvalue weighted by Crippen LogP contribution is 2.12. The number of primary amides is 2. The molecule has 0 saturated heterocycles. The van der Waals surface area contributed by atoms with Crippen LogP contribution in [0.1, 0.15) is 104 Å². The number of aliphatic hydroxyl groups excluding tert-OH is 1. The van der Waals surface area contributed by atoms with Crippen LogP contribution in [0, 0.1) is 11.8 Å². The molecule has 0 unspecified atom stereocenters. The van der Waals surface area contributed by atoms with E-state index >= 15 is 0 Å². The summed E-state index contributed by atoms with van der Waals surface area (Å²) in [6.07, 6.45) is -3.29. The number of benzene rings is 1. The second kappa shape index (κ2) is 36.9. The number of nitrogens with zero attached hydrogens (tertiary/aromatic N) is 2. The third kappa shape index (κ3) is 28.5. The molecular formula is C50H86N18O13. The van der Waals surface area contributed by atoms with Crippen LogP contribution < -0.4 is 88.4 Å². The van der Waals surface area contributed by atoms with E-state index in [1.54, 1.807) is 58.0 Å². The molecule has 0 aliphatic heterocycles. The Labute approximate surface area is 470 Å². The molecule has 81 heavy (non-hydrogen) atoms. The Bertz CT molecular complexity index is 2330. The van der Waals surface area contributed by atoms with E-state index < -0.39 is 138 Å². The standard InChI is InChI=1S/C50H86N18O13/c1-25(2)21-32(40(54)73)64-41(74)29(15-9-10-18-51)61-45(78)35(24-37(71)72)67-44(77)34(23-36(52)70)66-43(76)31(17-12-20-60-50(57)58)63-48(81)39(27(5)69)68-46(79)33(22-28-13-7-6-8-14-28)65-42(75)30(16-11-19-59-49(55)56)62-47(80)38(53)26(3)4/h6-8,13-14,25-27,29-35,38-39,69H,9-12,15-24,51,53H2,1-5H3,(H2,52,70)(H2,54,73)(H,61,78)(H,62,80)(H,63,81)(H,64,74)(H,65,75)(H,66,76)(H,67,77)(H,68,79)(H,71,72)(H4,55,56,59)(H4,57,58,60)/t27-,29+,30+,31+,32+,33+,34+,35+,38+,39+/m1/s1. The van der Waals surface area contributed by atoms with Crippen LogP contribution in [0.2, 0.25) is 0 Å². The van der Waals surface area contributed by atoms with Crippen LogP contribution in [-0.2, 0) is 59.2 Å². The number of aliphatic carboxylic acids is 1. The second-order valence-corrected chi connectivity index (χ2v) is 20.1. The number of nitrogens with one attached hydrogen (secondary N) is 8. The van der Waals surface area contributed by atoms with Gasteiger partial charge in [-0.15, -0.1) is 0 Å². The molecule has 0 aliphatic carbocycles. The number of aliphatic hydroxyl groups is 1. The van der Waals surface area contributed by atoms with Gasteiger partial charge >= 0.3 is 5.97 Å². The molecule has 0 aliphatic rings. The van der Waals surface area contributed by atoms with Crippen LogP contribution in [0.5, 0.6) is 0 Å². The van der Waals surface area contributed by atoms with Gasteiger partial charge in [-0.1, -0.05) is 58.0 Å². The van der Waals surface area contributed by atoms with Gasteiger partial charge < -0.3 is 98.6 Å². The minimum Gasteiger partial charge on any atom is -0.481 e. The van der Waals surface area contributed by atoms with Crippen molar-refractivity contribution < 1.29 is 63.0 Å². The molecule has 1 rings (SSSR count). The van der Waals surface area contributed by atoms with E-state index in [0.717, 1.165) is 6.92 Å². The second-order valence-electron chi connectivity index (χ2n) is 20.1. The van der Waals surface area contributed by atoms with E-state index in [4.69, 9.17) is 45.9 Å². The lowest BCUT2D eigenvalue weighted by atomic mass is 10.0. The summed E-state index contributed by atoms with van der Waals surface area (Å²) < 4.78 is 0. The number of hydrogen-bond donors (Lipinski definition) is 18. The third-order valence-electron chi connectivity index (χ3n) is 12.2. The fraction of sp³-hybridized carbons (Fsp3) is 0.620. The van der Waals surface area contributed by atoms with Gasteiger partial charge in [0.15, 0.2) is 11.9 Å². The number of carboxylic acid groups (broad SMARTS) is 1. The number of nitrogens with two attached hydrogens (primary N) is 8. The first-order valence-corrected chi connectivity index (χ1v) is 26.5. The fourth-order valence-corrected chi connectivity index (χ4v) is 7.73. The lowest BCUT2D eigenvalue weighted by Gasteiger charge is -2.29. The van der Waals surface area contributed by atoms with E-state index in [9.17, 15) is 63.0 Å². The van der Waals surface area contributed by atoms with Crippen LogP contribution in [0.15, 0.2) is 40.3 Å².